The van der Waals surface area contributed by atoms with Crippen molar-refractivity contribution in [2.75, 3.05) is 0 Å². The van der Waals surface area contributed by atoms with Crippen LogP contribution in [0.15, 0.2) is 18.3 Å². The third kappa shape index (κ3) is 1.29. The highest BCUT2D eigenvalue weighted by Gasteiger charge is 2.18. The Bertz CT molecular complexity index is 463. The van der Waals surface area contributed by atoms with Crippen molar-refractivity contribution in [1.29, 1.82) is 0 Å². The largest absolute Gasteiger partial charge is 0.242 e. The zero-order valence-corrected chi connectivity index (χ0v) is 9.07. The minimum Gasteiger partial charge on any atom is -0.242 e. The number of aryl methyl sites for hydroxylation is 1. The summed E-state index contributed by atoms with van der Waals surface area (Å²) in [5.74, 6) is 0. The fraction of sp³-hybridized carbons (Fsp3) is 0.455. The first-order valence-electron chi connectivity index (χ1n) is 4.81. The molecule has 0 atom stereocenters. The van der Waals surface area contributed by atoms with Gasteiger partial charge in [0.1, 0.15) is 0 Å². The molecule has 0 amide bonds. The molecule has 0 aliphatic heterocycles. The van der Waals surface area contributed by atoms with E-state index in [1.54, 1.807) is 0 Å². The molecule has 0 aromatic carbocycles. The molecule has 0 fully saturated rings. The van der Waals surface area contributed by atoms with Gasteiger partial charge in [-0.05, 0) is 39.8 Å². The van der Waals surface area contributed by atoms with Crippen LogP contribution in [0.4, 0.5) is 0 Å². The Kier molecular flexibility index (Phi) is 1.84. The van der Waals surface area contributed by atoms with Gasteiger partial charge in [0, 0.05) is 11.6 Å². The van der Waals surface area contributed by atoms with Gasteiger partial charge in [-0.25, -0.2) is 9.67 Å². The van der Waals surface area contributed by atoms with Crippen molar-refractivity contribution in [2.45, 2.75) is 33.2 Å². The number of aromatic nitrogens is 3. The van der Waals surface area contributed by atoms with Crippen LogP contribution < -0.4 is 0 Å². The van der Waals surface area contributed by atoms with E-state index in [2.05, 4.69) is 36.9 Å². The number of hydrogen-bond donors (Lipinski definition) is 0. The molecule has 2 rings (SSSR count). The molecule has 0 aliphatic carbocycles. The van der Waals surface area contributed by atoms with E-state index < -0.39 is 0 Å². The third-order valence-corrected chi connectivity index (χ3v) is 2.26. The van der Waals surface area contributed by atoms with Crippen LogP contribution in [0.2, 0.25) is 0 Å². The Balaban J connectivity index is 2.80. The molecule has 0 N–H and O–H groups in total. The minimum absolute atomic E-state index is 0.0130. The minimum atomic E-state index is -0.0130. The number of pyridine rings is 1. The van der Waals surface area contributed by atoms with Gasteiger partial charge in [-0.3, -0.25) is 0 Å². The summed E-state index contributed by atoms with van der Waals surface area (Å²) in [5, 5.41) is 5.66. The standard InChI is InChI=1S/C11H15N3/c1-8-9-6-5-7-12-10(9)14(13-8)11(2,3)4/h5-7H,1-4H3. The Morgan fingerprint density at radius 2 is 2.00 bits per heavy atom. The summed E-state index contributed by atoms with van der Waals surface area (Å²) < 4.78 is 1.98. The van der Waals surface area contributed by atoms with Gasteiger partial charge >= 0.3 is 0 Å². The average molecular weight is 189 g/mol. The number of hydrogen-bond acceptors (Lipinski definition) is 2. The van der Waals surface area contributed by atoms with Crippen molar-refractivity contribution in [3.63, 3.8) is 0 Å². The lowest BCUT2D eigenvalue weighted by molar-refractivity contribution is 0.364. The molecule has 2 aromatic rings. The molecule has 0 spiro atoms. The van der Waals surface area contributed by atoms with Gasteiger partial charge in [0.25, 0.3) is 0 Å². The Labute approximate surface area is 83.8 Å². The predicted octanol–water partition coefficient (Wildman–Crippen LogP) is 2.49. The van der Waals surface area contributed by atoms with Crippen molar-refractivity contribution >= 4 is 11.0 Å². The molecule has 0 saturated heterocycles. The molecule has 0 aliphatic rings. The molecule has 0 bridgehead atoms. The highest BCUT2D eigenvalue weighted by molar-refractivity contribution is 5.77. The predicted molar refractivity (Wildman–Crippen MR) is 57.3 cm³/mol. The lowest BCUT2D eigenvalue weighted by Crippen LogP contribution is -2.23. The van der Waals surface area contributed by atoms with Crippen molar-refractivity contribution in [3.8, 4) is 0 Å². The summed E-state index contributed by atoms with van der Waals surface area (Å²) >= 11 is 0. The number of rotatable bonds is 0. The molecule has 0 saturated carbocycles. The van der Waals surface area contributed by atoms with E-state index in [0.717, 1.165) is 16.7 Å². The first kappa shape index (κ1) is 9.19. The molecule has 3 nitrogen and oxygen atoms in total. The smallest absolute Gasteiger partial charge is 0.158 e. The highest BCUT2D eigenvalue weighted by atomic mass is 15.3. The van der Waals surface area contributed by atoms with E-state index in [1.165, 1.54) is 0 Å². The summed E-state index contributed by atoms with van der Waals surface area (Å²) in [6.45, 7) is 8.42. The third-order valence-electron chi connectivity index (χ3n) is 2.26. The van der Waals surface area contributed by atoms with Crippen LogP contribution >= 0.6 is 0 Å². The van der Waals surface area contributed by atoms with E-state index in [1.807, 2.05) is 23.9 Å². The SMILES string of the molecule is Cc1nn(C(C)(C)C)c2ncccc12. The molecule has 0 radical (unpaired) electrons. The van der Waals surface area contributed by atoms with Gasteiger partial charge in [0.2, 0.25) is 0 Å². The van der Waals surface area contributed by atoms with Crippen molar-refractivity contribution in [1.82, 2.24) is 14.8 Å². The van der Waals surface area contributed by atoms with Crippen LogP contribution in [-0.4, -0.2) is 14.8 Å². The van der Waals surface area contributed by atoms with Crippen LogP contribution in [0.3, 0.4) is 0 Å². The van der Waals surface area contributed by atoms with Crippen LogP contribution in [0, 0.1) is 6.92 Å². The van der Waals surface area contributed by atoms with Gasteiger partial charge in [-0.15, -0.1) is 0 Å². The molecule has 74 valence electrons. The first-order valence-corrected chi connectivity index (χ1v) is 4.81. The summed E-state index contributed by atoms with van der Waals surface area (Å²) in [5.41, 5.74) is 2.00. The normalized spacial score (nSPS) is 12.3. The van der Waals surface area contributed by atoms with E-state index in [4.69, 9.17) is 0 Å². The topological polar surface area (TPSA) is 30.7 Å². The van der Waals surface area contributed by atoms with Gasteiger partial charge in [-0.1, -0.05) is 0 Å². The summed E-state index contributed by atoms with van der Waals surface area (Å²) in [4.78, 5) is 4.37. The number of nitrogens with zero attached hydrogens (tertiary/aromatic N) is 3. The molecular formula is C11H15N3. The van der Waals surface area contributed by atoms with Crippen LogP contribution in [-0.2, 0) is 5.54 Å². The van der Waals surface area contributed by atoms with Crippen molar-refractivity contribution in [2.24, 2.45) is 0 Å². The highest BCUT2D eigenvalue weighted by Crippen LogP contribution is 2.22. The fourth-order valence-electron chi connectivity index (χ4n) is 1.57. The summed E-state index contributed by atoms with van der Waals surface area (Å²) in [6, 6.07) is 4.01. The van der Waals surface area contributed by atoms with Gasteiger partial charge in [-0.2, -0.15) is 5.10 Å². The molecule has 2 heterocycles. The van der Waals surface area contributed by atoms with Crippen molar-refractivity contribution < 1.29 is 0 Å². The Morgan fingerprint density at radius 1 is 1.29 bits per heavy atom. The molecule has 3 heteroatoms. The second-order valence-electron chi connectivity index (χ2n) is 4.54. The maximum atomic E-state index is 4.52. The second kappa shape index (κ2) is 2.80. The van der Waals surface area contributed by atoms with Gasteiger partial charge in [0.05, 0.1) is 11.2 Å². The Morgan fingerprint density at radius 3 is 2.64 bits per heavy atom. The quantitative estimate of drug-likeness (QED) is 0.637. The van der Waals surface area contributed by atoms with Crippen LogP contribution in [0.25, 0.3) is 11.0 Å². The lowest BCUT2D eigenvalue weighted by Gasteiger charge is -2.19. The van der Waals surface area contributed by atoms with E-state index in [-0.39, 0.29) is 5.54 Å². The van der Waals surface area contributed by atoms with E-state index in [9.17, 15) is 0 Å². The van der Waals surface area contributed by atoms with Crippen LogP contribution in [0.1, 0.15) is 26.5 Å². The van der Waals surface area contributed by atoms with Gasteiger partial charge in [0.15, 0.2) is 5.65 Å². The zero-order valence-electron chi connectivity index (χ0n) is 9.07. The Hall–Kier alpha value is -1.38. The lowest BCUT2D eigenvalue weighted by atomic mass is 10.1. The monoisotopic (exact) mass is 189 g/mol. The fourth-order valence-corrected chi connectivity index (χ4v) is 1.57. The molecular weight excluding hydrogens is 174 g/mol. The molecule has 14 heavy (non-hydrogen) atoms. The second-order valence-corrected chi connectivity index (χ2v) is 4.54. The number of fused-ring (bicyclic) bond motifs is 1. The zero-order chi connectivity index (χ0) is 10.3. The van der Waals surface area contributed by atoms with E-state index >= 15 is 0 Å². The van der Waals surface area contributed by atoms with E-state index in [0.29, 0.717) is 0 Å². The maximum Gasteiger partial charge on any atom is 0.158 e. The average Bonchev–Trinajstić information content (AvgIpc) is 2.44. The van der Waals surface area contributed by atoms with Crippen LogP contribution in [0.5, 0.6) is 0 Å². The maximum absolute atomic E-state index is 4.52. The first-order chi connectivity index (χ1) is 6.50. The van der Waals surface area contributed by atoms with Gasteiger partial charge < -0.3 is 0 Å². The molecule has 2 aromatic heterocycles. The summed E-state index contributed by atoms with van der Waals surface area (Å²) in [6.07, 6.45) is 1.81. The summed E-state index contributed by atoms with van der Waals surface area (Å²) in [7, 11) is 0. The molecule has 0 unspecified atom stereocenters. The van der Waals surface area contributed by atoms with Crippen molar-refractivity contribution in [3.05, 3.63) is 24.0 Å².